The van der Waals surface area contributed by atoms with Gasteiger partial charge in [-0.05, 0) is 36.5 Å². The highest BCUT2D eigenvalue weighted by Crippen LogP contribution is 2.34. The molecule has 0 fully saturated rings. The zero-order valence-corrected chi connectivity index (χ0v) is 11.8. The van der Waals surface area contributed by atoms with Crippen molar-refractivity contribution in [1.82, 2.24) is 0 Å². The fraction of sp³-hybridized carbons (Fsp3) is 0.333. The van der Waals surface area contributed by atoms with Crippen molar-refractivity contribution in [3.8, 4) is 0 Å². The smallest absolute Gasteiger partial charge is 0.0115 e. The summed E-state index contributed by atoms with van der Waals surface area (Å²) in [5, 5.41) is 0. The van der Waals surface area contributed by atoms with Crippen LogP contribution in [-0.4, -0.2) is 0 Å². The van der Waals surface area contributed by atoms with Gasteiger partial charge >= 0.3 is 0 Å². The molecule has 0 radical (unpaired) electrons. The molecule has 1 atom stereocenters. The third kappa shape index (κ3) is 2.64. The Hall–Kier alpha value is -1.56. The third-order valence-corrected chi connectivity index (χ3v) is 3.60. The van der Waals surface area contributed by atoms with Crippen LogP contribution in [0.3, 0.4) is 0 Å². The van der Waals surface area contributed by atoms with E-state index >= 15 is 0 Å². The Morgan fingerprint density at radius 3 is 2.11 bits per heavy atom. The van der Waals surface area contributed by atoms with Crippen molar-refractivity contribution < 1.29 is 0 Å². The molecule has 0 saturated heterocycles. The van der Waals surface area contributed by atoms with Crippen molar-refractivity contribution >= 4 is 0 Å². The first kappa shape index (κ1) is 12.9. The van der Waals surface area contributed by atoms with Gasteiger partial charge in [0, 0.05) is 5.92 Å². The number of hydrogen-bond donors (Lipinski definition) is 0. The van der Waals surface area contributed by atoms with Gasteiger partial charge in [0.2, 0.25) is 0 Å². The normalized spacial score (nSPS) is 12.7. The van der Waals surface area contributed by atoms with Crippen LogP contribution in [-0.2, 0) is 0 Å². The number of hydrogen-bond acceptors (Lipinski definition) is 0. The first-order valence-corrected chi connectivity index (χ1v) is 6.71. The predicted molar refractivity (Wildman–Crippen MR) is 79.0 cm³/mol. The van der Waals surface area contributed by atoms with E-state index in [1.54, 1.807) is 0 Å². The van der Waals surface area contributed by atoms with Gasteiger partial charge in [-0.3, -0.25) is 0 Å². The van der Waals surface area contributed by atoms with Crippen LogP contribution in [0.2, 0.25) is 0 Å². The van der Waals surface area contributed by atoms with E-state index in [0.717, 1.165) is 0 Å². The van der Waals surface area contributed by atoms with Crippen LogP contribution < -0.4 is 0 Å². The van der Waals surface area contributed by atoms with E-state index in [1.165, 1.54) is 22.3 Å². The Kier molecular flexibility index (Phi) is 3.86. The van der Waals surface area contributed by atoms with Crippen LogP contribution in [0.15, 0.2) is 48.5 Å². The predicted octanol–water partition coefficient (Wildman–Crippen LogP) is 5.09. The van der Waals surface area contributed by atoms with E-state index in [2.05, 4.69) is 76.2 Å². The van der Waals surface area contributed by atoms with Crippen LogP contribution in [0.4, 0.5) is 0 Å². The first-order valence-electron chi connectivity index (χ1n) is 6.71. The Labute approximate surface area is 111 Å². The monoisotopic (exact) mass is 238 g/mol. The molecule has 0 saturated carbocycles. The van der Waals surface area contributed by atoms with E-state index in [0.29, 0.717) is 11.8 Å². The standard InChI is InChI=1S/C18H22/c1-13(2)18(16-8-6-5-7-9-16)17-12-14(3)10-11-15(17)4/h5-13,18H,1-4H3. The summed E-state index contributed by atoms with van der Waals surface area (Å²) in [5.41, 5.74) is 5.62. The average molecular weight is 238 g/mol. The molecule has 0 heterocycles. The molecule has 0 amide bonds. The molecule has 0 bridgehead atoms. The third-order valence-electron chi connectivity index (χ3n) is 3.60. The minimum absolute atomic E-state index is 0.492. The maximum absolute atomic E-state index is 2.34. The molecule has 0 aliphatic heterocycles. The van der Waals surface area contributed by atoms with Crippen LogP contribution in [0.5, 0.6) is 0 Å². The zero-order chi connectivity index (χ0) is 13.1. The molecule has 94 valence electrons. The zero-order valence-electron chi connectivity index (χ0n) is 11.8. The largest absolute Gasteiger partial charge is 0.0622 e. The number of aryl methyl sites for hydroxylation is 2. The average Bonchev–Trinajstić information content (AvgIpc) is 2.35. The maximum atomic E-state index is 2.34. The van der Waals surface area contributed by atoms with Crippen LogP contribution in [0, 0.1) is 19.8 Å². The summed E-state index contributed by atoms with van der Waals surface area (Å²) in [7, 11) is 0. The Morgan fingerprint density at radius 1 is 0.833 bits per heavy atom. The second-order valence-electron chi connectivity index (χ2n) is 5.49. The maximum Gasteiger partial charge on any atom is 0.0115 e. The molecule has 0 N–H and O–H groups in total. The molecule has 2 rings (SSSR count). The molecule has 0 heteroatoms. The fourth-order valence-corrected chi connectivity index (χ4v) is 2.68. The topological polar surface area (TPSA) is 0 Å². The number of benzene rings is 2. The SMILES string of the molecule is Cc1ccc(C)c(C(c2ccccc2)C(C)C)c1. The van der Waals surface area contributed by atoms with E-state index in [1.807, 2.05) is 0 Å². The molecule has 0 aliphatic carbocycles. The number of rotatable bonds is 3. The fourth-order valence-electron chi connectivity index (χ4n) is 2.68. The van der Waals surface area contributed by atoms with Crippen LogP contribution in [0.25, 0.3) is 0 Å². The highest BCUT2D eigenvalue weighted by molar-refractivity contribution is 5.40. The summed E-state index contributed by atoms with van der Waals surface area (Å²) in [6, 6.07) is 17.6. The minimum atomic E-state index is 0.492. The molecule has 0 aliphatic rings. The molecule has 0 nitrogen and oxygen atoms in total. The van der Waals surface area contributed by atoms with Crippen molar-refractivity contribution in [3.05, 3.63) is 70.8 Å². The molecule has 0 spiro atoms. The lowest BCUT2D eigenvalue weighted by Crippen LogP contribution is -2.10. The second-order valence-corrected chi connectivity index (χ2v) is 5.49. The van der Waals surface area contributed by atoms with Crippen molar-refractivity contribution in [2.45, 2.75) is 33.6 Å². The summed E-state index contributed by atoms with van der Waals surface area (Å²) in [6.45, 7) is 9.00. The summed E-state index contributed by atoms with van der Waals surface area (Å²) < 4.78 is 0. The highest BCUT2D eigenvalue weighted by atomic mass is 14.2. The van der Waals surface area contributed by atoms with Gasteiger partial charge in [-0.2, -0.15) is 0 Å². The lowest BCUT2D eigenvalue weighted by Gasteiger charge is -2.24. The van der Waals surface area contributed by atoms with Gasteiger partial charge < -0.3 is 0 Å². The lowest BCUT2D eigenvalue weighted by molar-refractivity contribution is 0.561. The summed E-state index contributed by atoms with van der Waals surface area (Å²) in [5.74, 6) is 1.10. The molecule has 2 aromatic rings. The first-order chi connectivity index (χ1) is 8.59. The summed E-state index contributed by atoms with van der Waals surface area (Å²) in [6.07, 6.45) is 0. The highest BCUT2D eigenvalue weighted by Gasteiger charge is 2.19. The quantitative estimate of drug-likeness (QED) is 0.698. The van der Waals surface area contributed by atoms with Gasteiger partial charge in [-0.1, -0.05) is 67.9 Å². The van der Waals surface area contributed by atoms with Crippen molar-refractivity contribution in [3.63, 3.8) is 0 Å². The van der Waals surface area contributed by atoms with Crippen molar-refractivity contribution in [1.29, 1.82) is 0 Å². The van der Waals surface area contributed by atoms with E-state index in [-0.39, 0.29) is 0 Å². The van der Waals surface area contributed by atoms with Crippen LogP contribution in [0.1, 0.15) is 42.0 Å². The van der Waals surface area contributed by atoms with Gasteiger partial charge in [0.25, 0.3) is 0 Å². The Balaban J connectivity index is 2.52. The molecule has 1 unspecified atom stereocenters. The van der Waals surface area contributed by atoms with Crippen LogP contribution >= 0.6 is 0 Å². The Bertz CT molecular complexity index is 509. The van der Waals surface area contributed by atoms with Gasteiger partial charge in [0.15, 0.2) is 0 Å². The molecular weight excluding hydrogens is 216 g/mol. The molecule has 0 aromatic heterocycles. The minimum Gasteiger partial charge on any atom is -0.0622 e. The van der Waals surface area contributed by atoms with Crippen molar-refractivity contribution in [2.24, 2.45) is 5.92 Å². The molecule has 18 heavy (non-hydrogen) atoms. The van der Waals surface area contributed by atoms with Gasteiger partial charge in [-0.25, -0.2) is 0 Å². The second kappa shape index (κ2) is 5.39. The van der Waals surface area contributed by atoms with Gasteiger partial charge in [0.05, 0.1) is 0 Å². The summed E-state index contributed by atoms with van der Waals surface area (Å²) in [4.78, 5) is 0. The van der Waals surface area contributed by atoms with Gasteiger partial charge in [-0.15, -0.1) is 0 Å². The molecular formula is C18H22. The van der Waals surface area contributed by atoms with E-state index < -0.39 is 0 Å². The van der Waals surface area contributed by atoms with E-state index in [4.69, 9.17) is 0 Å². The molecule has 2 aromatic carbocycles. The lowest BCUT2D eigenvalue weighted by atomic mass is 9.80. The van der Waals surface area contributed by atoms with Crippen molar-refractivity contribution in [2.75, 3.05) is 0 Å². The Morgan fingerprint density at radius 2 is 1.50 bits per heavy atom. The van der Waals surface area contributed by atoms with E-state index in [9.17, 15) is 0 Å². The summed E-state index contributed by atoms with van der Waals surface area (Å²) >= 11 is 0. The van der Waals surface area contributed by atoms with Gasteiger partial charge in [0.1, 0.15) is 0 Å².